The van der Waals surface area contributed by atoms with Gasteiger partial charge in [0.25, 0.3) is 0 Å². The molecule has 0 aliphatic heterocycles. The average molecular weight is 794 g/mol. The van der Waals surface area contributed by atoms with Crippen LogP contribution in [-0.4, -0.2) is 15.0 Å². The van der Waals surface area contributed by atoms with Crippen molar-refractivity contribution in [1.82, 2.24) is 15.0 Å². The molecule has 4 heterocycles. The molecule has 0 saturated heterocycles. The van der Waals surface area contributed by atoms with E-state index < -0.39 is 0 Å². The Morgan fingerprint density at radius 3 is 1.39 bits per heavy atom. The minimum Gasteiger partial charge on any atom is -0.456 e. The van der Waals surface area contributed by atoms with Crippen LogP contribution < -0.4 is 0 Å². The van der Waals surface area contributed by atoms with Crippen LogP contribution in [0.3, 0.4) is 0 Å². The van der Waals surface area contributed by atoms with Gasteiger partial charge in [-0.25, -0.2) is 9.97 Å². The molecular formula is C57H35N3O2. The van der Waals surface area contributed by atoms with Crippen LogP contribution in [-0.2, 0) is 0 Å². The lowest BCUT2D eigenvalue weighted by Crippen LogP contribution is -1.97. The van der Waals surface area contributed by atoms with Gasteiger partial charge in [-0.1, -0.05) is 127 Å². The van der Waals surface area contributed by atoms with E-state index >= 15 is 0 Å². The van der Waals surface area contributed by atoms with Crippen LogP contribution in [0.1, 0.15) is 0 Å². The fourth-order valence-corrected chi connectivity index (χ4v) is 8.63. The first kappa shape index (κ1) is 35.5. The Bertz CT molecular complexity index is 3490. The predicted octanol–water partition coefficient (Wildman–Crippen LogP) is 15.3. The van der Waals surface area contributed by atoms with Crippen molar-refractivity contribution in [3.63, 3.8) is 0 Å². The first-order valence-corrected chi connectivity index (χ1v) is 20.7. The van der Waals surface area contributed by atoms with Crippen LogP contribution in [0.5, 0.6) is 0 Å². The zero-order chi connectivity index (χ0) is 41.0. The highest BCUT2D eigenvalue weighted by Crippen LogP contribution is 2.39. The summed E-state index contributed by atoms with van der Waals surface area (Å²) < 4.78 is 12.5. The molecule has 0 amide bonds. The summed E-state index contributed by atoms with van der Waals surface area (Å²) in [6, 6.07) is 69.8. The molecule has 0 saturated carbocycles. The van der Waals surface area contributed by atoms with Crippen LogP contribution in [0.15, 0.2) is 221 Å². The number of furan rings is 2. The monoisotopic (exact) mass is 793 g/mol. The summed E-state index contributed by atoms with van der Waals surface area (Å²) in [5, 5.41) is 4.34. The van der Waals surface area contributed by atoms with E-state index in [0.717, 1.165) is 111 Å². The maximum absolute atomic E-state index is 6.25. The van der Waals surface area contributed by atoms with Gasteiger partial charge in [0.15, 0.2) is 5.82 Å². The summed E-state index contributed by atoms with van der Waals surface area (Å²) in [6.45, 7) is 0. The third-order valence-corrected chi connectivity index (χ3v) is 11.8. The van der Waals surface area contributed by atoms with Gasteiger partial charge in [0.1, 0.15) is 22.3 Å². The molecule has 290 valence electrons. The second kappa shape index (κ2) is 14.7. The normalized spacial score (nSPS) is 11.5. The third-order valence-electron chi connectivity index (χ3n) is 11.8. The molecular weight excluding hydrogens is 759 g/mol. The Morgan fingerprint density at radius 1 is 0.274 bits per heavy atom. The van der Waals surface area contributed by atoms with Gasteiger partial charge < -0.3 is 8.83 Å². The number of benzene rings is 8. The van der Waals surface area contributed by atoms with Crippen molar-refractivity contribution in [2.45, 2.75) is 0 Å². The summed E-state index contributed by atoms with van der Waals surface area (Å²) in [5.41, 5.74) is 16.7. The Kier molecular flexibility index (Phi) is 8.42. The summed E-state index contributed by atoms with van der Waals surface area (Å²) in [6.07, 6.45) is 3.68. The highest BCUT2D eigenvalue weighted by molar-refractivity contribution is 6.07. The van der Waals surface area contributed by atoms with E-state index in [1.807, 2.05) is 42.6 Å². The number of fused-ring (bicyclic) bond motifs is 6. The molecule has 0 fully saturated rings. The highest BCUT2D eigenvalue weighted by atomic mass is 16.3. The summed E-state index contributed by atoms with van der Waals surface area (Å²) >= 11 is 0. The fourth-order valence-electron chi connectivity index (χ4n) is 8.63. The predicted molar refractivity (Wildman–Crippen MR) is 252 cm³/mol. The Labute approximate surface area is 357 Å². The molecule has 62 heavy (non-hydrogen) atoms. The smallest absolute Gasteiger partial charge is 0.160 e. The maximum atomic E-state index is 6.25. The first-order valence-electron chi connectivity index (χ1n) is 20.7. The van der Waals surface area contributed by atoms with Gasteiger partial charge in [0.05, 0.1) is 11.4 Å². The number of pyridine rings is 1. The van der Waals surface area contributed by atoms with Crippen molar-refractivity contribution in [2.75, 3.05) is 0 Å². The molecule has 4 aromatic heterocycles. The number of rotatable bonds is 7. The zero-order valence-electron chi connectivity index (χ0n) is 33.4. The fraction of sp³-hybridized carbons (Fsp3) is 0. The molecule has 0 aliphatic carbocycles. The quantitative estimate of drug-likeness (QED) is 0.161. The van der Waals surface area contributed by atoms with Crippen molar-refractivity contribution in [1.29, 1.82) is 0 Å². The lowest BCUT2D eigenvalue weighted by molar-refractivity contribution is 0.668. The van der Waals surface area contributed by atoms with Crippen molar-refractivity contribution < 1.29 is 8.83 Å². The van der Waals surface area contributed by atoms with Gasteiger partial charge in [0.2, 0.25) is 0 Å². The van der Waals surface area contributed by atoms with Crippen LogP contribution in [0.2, 0.25) is 0 Å². The van der Waals surface area contributed by atoms with Crippen molar-refractivity contribution in [3.8, 4) is 78.4 Å². The van der Waals surface area contributed by atoms with Crippen molar-refractivity contribution in [2.24, 2.45) is 0 Å². The summed E-state index contributed by atoms with van der Waals surface area (Å²) in [5.74, 6) is 0.639. The molecule has 0 radical (unpaired) electrons. The molecule has 8 aromatic carbocycles. The lowest BCUT2D eigenvalue weighted by atomic mass is 9.93. The van der Waals surface area contributed by atoms with E-state index in [4.69, 9.17) is 18.8 Å². The SMILES string of the molecule is c1ccc(-c2ccc(-c3cc(-c4cc(-c5ccc6oc7ccccc7c6c5)cc(-c5ccc6oc7ccccc7c6c5)c4)nc(-c4cccc(-c5cccnc5)c4)n3)cc2)cc1. The highest BCUT2D eigenvalue weighted by Gasteiger charge is 2.17. The average Bonchev–Trinajstić information content (AvgIpc) is 3.92. The third kappa shape index (κ3) is 6.40. The molecule has 5 nitrogen and oxygen atoms in total. The van der Waals surface area contributed by atoms with Gasteiger partial charge >= 0.3 is 0 Å². The molecule has 0 atom stereocenters. The zero-order valence-corrected chi connectivity index (χ0v) is 33.4. The van der Waals surface area contributed by atoms with Crippen molar-refractivity contribution >= 4 is 43.9 Å². The van der Waals surface area contributed by atoms with Gasteiger partial charge in [-0.05, 0) is 112 Å². The second-order valence-electron chi connectivity index (χ2n) is 15.6. The van der Waals surface area contributed by atoms with Crippen LogP contribution in [0.4, 0.5) is 0 Å². The molecule has 5 heteroatoms. The Hall–Kier alpha value is -8.41. The molecule has 0 bridgehead atoms. The van der Waals surface area contributed by atoms with E-state index in [1.165, 1.54) is 5.56 Å². The van der Waals surface area contributed by atoms with E-state index in [-0.39, 0.29) is 0 Å². The minimum absolute atomic E-state index is 0.639. The Morgan fingerprint density at radius 2 is 0.742 bits per heavy atom. The summed E-state index contributed by atoms with van der Waals surface area (Å²) in [7, 11) is 0. The van der Waals surface area contributed by atoms with E-state index in [0.29, 0.717) is 5.82 Å². The molecule has 0 unspecified atom stereocenters. The number of aromatic nitrogens is 3. The molecule has 0 spiro atoms. The van der Waals surface area contributed by atoms with Crippen LogP contribution in [0, 0.1) is 0 Å². The first-order chi connectivity index (χ1) is 30.7. The Balaban J connectivity index is 1.07. The van der Waals surface area contributed by atoms with Crippen molar-refractivity contribution in [3.05, 3.63) is 213 Å². The van der Waals surface area contributed by atoms with Gasteiger partial charge in [-0.15, -0.1) is 0 Å². The van der Waals surface area contributed by atoms with Crippen LogP contribution >= 0.6 is 0 Å². The van der Waals surface area contributed by atoms with Gasteiger partial charge in [-0.2, -0.15) is 0 Å². The van der Waals surface area contributed by atoms with E-state index in [1.54, 1.807) is 6.20 Å². The topological polar surface area (TPSA) is 65.0 Å². The van der Waals surface area contributed by atoms with Crippen LogP contribution in [0.25, 0.3) is 122 Å². The molecule has 0 aliphatic rings. The summed E-state index contributed by atoms with van der Waals surface area (Å²) in [4.78, 5) is 15.0. The number of hydrogen-bond donors (Lipinski definition) is 0. The largest absolute Gasteiger partial charge is 0.456 e. The molecule has 12 aromatic rings. The molecule has 12 rings (SSSR count). The maximum Gasteiger partial charge on any atom is 0.160 e. The number of hydrogen-bond acceptors (Lipinski definition) is 5. The lowest BCUT2D eigenvalue weighted by Gasteiger charge is -2.14. The van der Waals surface area contributed by atoms with Gasteiger partial charge in [-0.3, -0.25) is 4.98 Å². The van der Waals surface area contributed by atoms with Gasteiger partial charge in [0, 0.05) is 56.2 Å². The standard InChI is InChI=1S/C57H35N3O2/c1-2-10-36(11-3-1)37-19-21-38(22-20-37)51-34-52(60-57(59-51)42-13-8-12-39(28-42)43-14-9-27-58-35-43)46-30-44(40-23-25-55-49(32-40)47-15-4-6-17-53(47)61-55)29-45(31-46)41-24-26-56-50(33-41)48-16-5-7-18-54(48)62-56/h1-35H. The van der Waals surface area contributed by atoms with E-state index in [9.17, 15) is 0 Å². The number of nitrogens with zero attached hydrogens (tertiary/aromatic N) is 3. The molecule has 0 N–H and O–H groups in total. The second-order valence-corrected chi connectivity index (χ2v) is 15.6. The minimum atomic E-state index is 0.639. The number of para-hydroxylation sites is 2. The van der Waals surface area contributed by atoms with E-state index in [2.05, 4.69) is 169 Å².